The summed E-state index contributed by atoms with van der Waals surface area (Å²) in [7, 11) is 1.75. The molecule has 1 aromatic heterocycles. The standard InChI is InChI=1S/C14H14N4O3/c1-9-7-11(18(20)21)3-4-12(9)17-14(19)13-8-10(15-2)5-6-16-13/h3-8H,1-2H3,(H,15,16)(H,17,19). The molecule has 0 fully saturated rings. The Balaban J connectivity index is 2.21. The molecule has 1 aromatic carbocycles. The molecule has 0 unspecified atom stereocenters. The molecule has 0 radical (unpaired) electrons. The summed E-state index contributed by atoms with van der Waals surface area (Å²) >= 11 is 0. The minimum absolute atomic E-state index is 0.0131. The summed E-state index contributed by atoms with van der Waals surface area (Å²) in [5.41, 5.74) is 2.15. The summed E-state index contributed by atoms with van der Waals surface area (Å²) < 4.78 is 0. The molecule has 2 N–H and O–H groups in total. The van der Waals surface area contributed by atoms with Gasteiger partial charge in [0.1, 0.15) is 5.69 Å². The minimum atomic E-state index is -0.476. The van der Waals surface area contributed by atoms with Gasteiger partial charge in [0.15, 0.2) is 0 Å². The SMILES string of the molecule is CNc1ccnc(C(=O)Nc2ccc([N+](=O)[O-])cc2C)c1. The zero-order valence-corrected chi connectivity index (χ0v) is 11.6. The number of pyridine rings is 1. The molecule has 0 spiro atoms. The number of carbonyl (C=O) groups is 1. The molecule has 0 saturated heterocycles. The van der Waals surface area contributed by atoms with Crippen molar-refractivity contribution in [1.29, 1.82) is 0 Å². The average Bonchev–Trinajstić information content (AvgIpc) is 2.49. The summed E-state index contributed by atoms with van der Waals surface area (Å²) in [5, 5.41) is 16.3. The molecule has 2 aromatic rings. The van der Waals surface area contributed by atoms with E-state index >= 15 is 0 Å². The van der Waals surface area contributed by atoms with Gasteiger partial charge >= 0.3 is 0 Å². The van der Waals surface area contributed by atoms with E-state index in [-0.39, 0.29) is 17.3 Å². The van der Waals surface area contributed by atoms with Crippen molar-refractivity contribution in [2.45, 2.75) is 6.92 Å². The smallest absolute Gasteiger partial charge is 0.274 e. The molecule has 7 heteroatoms. The van der Waals surface area contributed by atoms with Crippen LogP contribution in [0.5, 0.6) is 0 Å². The fraction of sp³-hybridized carbons (Fsp3) is 0.143. The number of amides is 1. The van der Waals surface area contributed by atoms with E-state index in [2.05, 4.69) is 15.6 Å². The van der Waals surface area contributed by atoms with Crippen LogP contribution in [0, 0.1) is 17.0 Å². The molecule has 1 heterocycles. The average molecular weight is 286 g/mol. The highest BCUT2D eigenvalue weighted by molar-refractivity contribution is 6.03. The van der Waals surface area contributed by atoms with E-state index in [1.54, 1.807) is 26.1 Å². The predicted molar refractivity (Wildman–Crippen MR) is 79.6 cm³/mol. The number of anilines is 2. The van der Waals surface area contributed by atoms with E-state index < -0.39 is 4.92 Å². The van der Waals surface area contributed by atoms with Gasteiger partial charge in [-0.25, -0.2) is 0 Å². The molecule has 0 aliphatic rings. The second kappa shape index (κ2) is 6.00. The number of nitrogens with one attached hydrogen (secondary N) is 2. The van der Waals surface area contributed by atoms with Crippen molar-refractivity contribution < 1.29 is 9.72 Å². The number of hydrogen-bond acceptors (Lipinski definition) is 5. The zero-order chi connectivity index (χ0) is 15.4. The third-order valence-electron chi connectivity index (χ3n) is 2.95. The fourth-order valence-corrected chi connectivity index (χ4v) is 1.80. The molecule has 1 amide bonds. The van der Waals surface area contributed by atoms with Crippen molar-refractivity contribution in [2.24, 2.45) is 0 Å². The van der Waals surface area contributed by atoms with Gasteiger partial charge in [0.05, 0.1) is 4.92 Å². The summed E-state index contributed by atoms with van der Waals surface area (Å²) in [6.45, 7) is 1.69. The number of hydrogen-bond donors (Lipinski definition) is 2. The van der Waals surface area contributed by atoms with E-state index in [4.69, 9.17) is 0 Å². The highest BCUT2D eigenvalue weighted by Gasteiger charge is 2.12. The van der Waals surface area contributed by atoms with Crippen molar-refractivity contribution in [3.05, 3.63) is 57.9 Å². The molecule has 0 bridgehead atoms. The first-order valence-corrected chi connectivity index (χ1v) is 6.21. The number of nitro groups is 1. The summed E-state index contributed by atoms with van der Waals surface area (Å²) in [5.74, 6) is -0.371. The normalized spacial score (nSPS) is 10.0. The molecule has 0 saturated carbocycles. The maximum absolute atomic E-state index is 12.1. The Hall–Kier alpha value is -2.96. The predicted octanol–water partition coefficient (Wildman–Crippen LogP) is 2.59. The van der Waals surface area contributed by atoms with Gasteiger partial charge in [-0.1, -0.05) is 0 Å². The number of aryl methyl sites for hydroxylation is 1. The molecule has 0 aliphatic carbocycles. The Bertz CT molecular complexity index is 700. The molecule has 7 nitrogen and oxygen atoms in total. The van der Waals surface area contributed by atoms with Crippen LogP contribution in [0.2, 0.25) is 0 Å². The van der Waals surface area contributed by atoms with E-state index in [0.29, 0.717) is 11.3 Å². The first-order valence-electron chi connectivity index (χ1n) is 6.21. The van der Waals surface area contributed by atoms with Crippen molar-refractivity contribution >= 4 is 23.0 Å². The lowest BCUT2D eigenvalue weighted by molar-refractivity contribution is -0.384. The number of nitro benzene ring substituents is 1. The number of aromatic nitrogens is 1. The maximum atomic E-state index is 12.1. The van der Waals surface area contributed by atoms with Crippen LogP contribution < -0.4 is 10.6 Å². The number of rotatable bonds is 4. The largest absolute Gasteiger partial charge is 0.388 e. The van der Waals surface area contributed by atoms with Crippen LogP contribution in [0.15, 0.2) is 36.5 Å². The fourth-order valence-electron chi connectivity index (χ4n) is 1.80. The first-order chi connectivity index (χ1) is 10.0. The van der Waals surface area contributed by atoms with E-state index in [1.165, 1.54) is 24.4 Å². The van der Waals surface area contributed by atoms with Gasteiger partial charge in [0.2, 0.25) is 0 Å². The van der Waals surface area contributed by atoms with E-state index in [9.17, 15) is 14.9 Å². The van der Waals surface area contributed by atoms with E-state index in [1.807, 2.05) is 0 Å². The van der Waals surface area contributed by atoms with Crippen molar-refractivity contribution in [2.75, 3.05) is 17.7 Å². The van der Waals surface area contributed by atoms with Gasteiger partial charge in [-0.3, -0.25) is 19.9 Å². The number of benzene rings is 1. The Morgan fingerprint density at radius 3 is 2.67 bits per heavy atom. The summed E-state index contributed by atoms with van der Waals surface area (Å²) in [4.78, 5) is 26.3. The number of carbonyl (C=O) groups excluding carboxylic acids is 1. The van der Waals surface area contributed by atoms with Crippen LogP contribution in [0.1, 0.15) is 16.1 Å². The summed E-state index contributed by atoms with van der Waals surface area (Å²) in [6.07, 6.45) is 1.53. The van der Waals surface area contributed by atoms with Gasteiger partial charge in [-0.2, -0.15) is 0 Å². The highest BCUT2D eigenvalue weighted by atomic mass is 16.6. The second-order valence-electron chi connectivity index (χ2n) is 4.39. The zero-order valence-electron chi connectivity index (χ0n) is 11.6. The molecule has 0 atom stereocenters. The van der Waals surface area contributed by atoms with Gasteiger partial charge in [-0.15, -0.1) is 0 Å². The van der Waals surface area contributed by atoms with Gasteiger partial charge in [0, 0.05) is 36.8 Å². The van der Waals surface area contributed by atoms with Crippen LogP contribution in [-0.4, -0.2) is 22.9 Å². The van der Waals surface area contributed by atoms with Crippen LogP contribution in [0.25, 0.3) is 0 Å². The lowest BCUT2D eigenvalue weighted by atomic mass is 10.1. The topological polar surface area (TPSA) is 97.2 Å². The number of nitrogens with zero attached hydrogens (tertiary/aromatic N) is 2. The summed E-state index contributed by atoms with van der Waals surface area (Å²) in [6, 6.07) is 7.63. The Kier molecular flexibility index (Phi) is 4.13. The quantitative estimate of drug-likeness (QED) is 0.665. The third-order valence-corrected chi connectivity index (χ3v) is 2.95. The molecular formula is C14H14N4O3. The molecule has 108 valence electrons. The molecular weight excluding hydrogens is 272 g/mol. The first kappa shape index (κ1) is 14.4. The Morgan fingerprint density at radius 1 is 1.29 bits per heavy atom. The van der Waals surface area contributed by atoms with Crippen molar-refractivity contribution in [3.8, 4) is 0 Å². The minimum Gasteiger partial charge on any atom is -0.388 e. The van der Waals surface area contributed by atoms with Crippen LogP contribution in [0.4, 0.5) is 17.1 Å². The second-order valence-corrected chi connectivity index (χ2v) is 4.39. The monoisotopic (exact) mass is 286 g/mol. The Morgan fingerprint density at radius 2 is 2.05 bits per heavy atom. The van der Waals surface area contributed by atoms with Gasteiger partial charge < -0.3 is 10.6 Å². The molecule has 2 rings (SSSR count). The number of non-ortho nitro benzene ring substituents is 1. The lowest BCUT2D eigenvalue weighted by Gasteiger charge is -2.08. The van der Waals surface area contributed by atoms with Crippen molar-refractivity contribution in [1.82, 2.24) is 4.98 Å². The highest BCUT2D eigenvalue weighted by Crippen LogP contribution is 2.21. The molecule has 21 heavy (non-hydrogen) atoms. The third kappa shape index (κ3) is 3.33. The Labute approximate surface area is 121 Å². The lowest BCUT2D eigenvalue weighted by Crippen LogP contribution is -2.14. The van der Waals surface area contributed by atoms with Gasteiger partial charge in [0.25, 0.3) is 11.6 Å². The van der Waals surface area contributed by atoms with Crippen LogP contribution in [-0.2, 0) is 0 Å². The molecule has 0 aliphatic heterocycles. The maximum Gasteiger partial charge on any atom is 0.274 e. The van der Waals surface area contributed by atoms with Gasteiger partial charge in [-0.05, 0) is 30.7 Å². The van der Waals surface area contributed by atoms with Crippen molar-refractivity contribution in [3.63, 3.8) is 0 Å². The van der Waals surface area contributed by atoms with Crippen LogP contribution >= 0.6 is 0 Å². The van der Waals surface area contributed by atoms with Crippen LogP contribution in [0.3, 0.4) is 0 Å². The van der Waals surface area contributed by atoms with E-state index in [0.717, 1.165) is 5.69 Å².